The third-order valence-electron chi connectivity index (χ3n) is 2.45. The van der Waals surface area contributed by atoms with Crippen LogP contribution in [0.25, 0.3) is 6.08 Å². The quantitative estimate of drug-likeness (QED) is 0.718. The lowest BCUT2D eigenvalue weighted by molar-refractivity contribution is -0.124. The fraction of sp³-hybridized carbons (Fsp3) is 0.455. The molecule has 1 fully saturated rings. The zero-order valence-electron chi connectivity index (χ0n) is 8.77. The number of thiazole rings is 1. The van der Waals surface area contributed by atoms with Crippen LogP contribution in [0.15, 0.2) is 11.5 Å². The summed E-state index contributed by atoms with van der Waals surface area (Å²) >= 11 is 1.60. The van der Waals surface area contributed by atoms with Gasteiger partial charge in [0.15, 0.2) is 0 Å². The summed E-state index contributed by atoms with van der Waals surface area (Å²) in [6.45, 7) is 3.77. The molecule has 1 saturated heterocycles. The Hall–Kier alpha value is -1.16. The van der Waals surface area contributed by atoms with Crippen molar-refractivity contribution in [1.82, 2.24) is 9.88 Å². The van der Waals surface area contributed by atoms with Gasteiger partial charge in [-0.15, -0.1) is 11.3 Å². The molecule has 0 unspecified atom stereocenters. The van der Waals surface area contributed by atoms with Gasteiger partial charge in [0.05, 0.1) is 10.7 Å². The first kappa shape index (κ1) is 10.4. The van der Waals surface area contributed by atoms with E-state index in [0.29, 0.717) is 0 Å². The van der Waals surface area contributed by atoms with Crippen LogP contribution >= 0.6 is 11.3 Å². The fourth-order valence-electron chi connectivity index (χ4n) is 1.66. The first-order chi connectivity index (χ1) is 7.25. The molecule has 1 aliphatic heterocycles. The molecule has 0 spiro atoms. The average Bonchev–Trinajstić information content (AvgIpc) is 2.84. The predicted octanol–water partition coefficient (Wildman–Crippen LogP) is 2.09. The molecule has 1 amide bonds. The highest BCUT2D eigenvalue weighted by Crippen LogP contribution is 2.11. The van der Waals surface area contributed by atoms with Gasteiger partial charge in [0, 0.05) is 24.5 Å². The molecule has 1 aromatic heterocycles. The van der Waals surface area contributed by atoms with Crippen LogP contribution in [-0.4, -0.2) is 28.9 Å². The number of likely N-dealkylation sites (tertiary alicyclic amines) is 1. The van der Waals surface area contributed by atoms with Gasteiger partial charge in [0.2, 0.25) is 5.91 Å². The zero-order valence-corrected chi connectivity index (χ0v) is 9.59. The zero-order chi connectivity index (χ0) is 10.7. The van der Waals surface area contributed by atoms with Crippen LogP contribution in [-0.2, 0) is 4.79 Å². The smallest absolute Gasteiger partial charge is 0.246 e. The minimum Gasteiger partial charge on any atom is -0.339 e. The van der Waals surface area contributed by atoms with Crippen molar-refractivity contribution in [3.8, 4) is 0 Å². The van der Waals surface area contributed by atoms with Crippen LogP contribution in [0.3, 0.4) is 0 Å². The maximum atomic E-state index is 11.6. The SMILES string of the molecule is Cc1nc(C=CC(=O)N2CCCC2)cs1. The summed E-state index contributed by atoms with van der Waals surface area (Å²) in [4.78, 5) is 17.8. The van der Waals surface area contributed by atoms with E-state index in [9.17, 15) is 4.79 Å². The van der Waals surface area contributed by atoms with E-state index in [0.717, 1.165) is 36.6 Å². The Morgan fingerprint density at radius 3 is 2.87 bits per heavy atom. The summed E-state index contributed by atoms with van der Waals surface area (Å²) in [5.41, 5.74) is 0.880. The Balaban J connectivity index is 1.95. The summed E-state index contributed by atoms with van der Waals surface area (Å²) in [5.74, 6) is 0.109. The maximum absolute atomic E-state index is 11.6. The number of rotatable bonds is 2. The first-order valence-electron chi connectivity index (χ1n) is 5.15. The lowest BCUT2D eigenvalue weighted by Crippen LogP contribution is -2.25. The summed E-state index contributed by atoms with van der Waals surface area (Å²) in [6.07, 6.45) is 5.69. The molecule has 0 aliphatic carbocycles. The van der Waals surface area contributed by atoms with Gasteiger partial charge in [-0.3, -0.25) is 4.79 Å². The topological polar surface area (TPSA) is 33.2 Å². The molecule has 2 heterocycles. The third-order valence-corrected chi connectivity index (χ3v) is 3.24. The molecule has 4 heteroatoms. The van der Waals surface area contributed by atoms with Gasteiger partial charge in [0.1, 0.15) is 0 Å². The molecule has 0 radical (unpaired) electrons. The fourth-order valence-corrected chi connectivity index (χ4v) is 2.24. The number of hydrogen-bond donors (Lipinski definition) is 0. The maximum Gasteiger partial charge on any atom is 0.246 e. The summed E-state index contributed by atoms with van der Waals surface area (Å²) < 4.78 is 0. The van der Waals surface area contributed by atoms with E-state index >= 15 is 0 Å². The van der Waals surface area contributed by atoms with Crippen LogP contribution in [0.5, 0.6) is 0 Å². The van der Waals surface area contributed by atoms with E-state index < -0.39 is 0 Å². The van der Waals surface area contributed by atoms with Crippen molar-refractivity contribution in [1.29, 1.82) is 0 Å². The minimum atomic E-state index is 0.109. The number of aromatic nitrogens is 1. The highest BCUT2D eigenvalue weighted by Gasteiger charge is 2.14. The number of aryl methyl sites for hydroxylation is 1. The van der Waals surface area contributed by atoms with Crippen molar-refractivity contribution in [3.63, 3.8) is 0 Å². The van der Waals surface area contributed by atoms with Crippen molar-refractivity contribution in [2.45, 2.75) is 19.8 Å². The first-order valence-corrected chi connectivity index (χ1v) is 6.03. The highest BCUT2D eigenvalue weighted by molar-refractivity contribution is 7.09. The summed E-state index contributed by atoms with van der Waals surface area (Å²) in [7, 11) is 0. The Bertz CT molecular complexity index is 378. The molecule has 1 aromatic rings. The molecule has 80 valence electrons. The molecular formula is C11H14N2OS. The molecule has 15 heavy (non-hydrogen) atoms. The lowest BCUT2D eigenvalue weighted by Gasteiger charge is -2.11. The van der Waals surface area contributed by atoms with E-state index in [-0.39, 0.29) is 5.91 Å². The van der Waals surface area contributed by atoms with Gasteiger partial charge < -0.3 is 4.90 Å². The minimum absolute atomic E-state index is 0.109. The second-order valence-corrected chi connectivity index (χ2v) is 4.72. The van der Waals surface area contributed by atoms with Crippen molar-refractivity contribution in [2.75, 3.05) is 13.1 Å². The predicted molar refractivity (Wildman–Crippen MR) is 61.7 cm³/mol. The molecule has 0 atom stereocenters. The monoisotopic (exact) mass is 222 g/mol. The van der Waals surface area contributed by atoms with Gasteiger partial charge in [0.25, 0.3) is 0 Å². The third kappa shape index (κ3) is 2.65. The van der Waals surface area contributed by atoms with E-state index in [1.54, 1.807) is 23.5 Å². The van der Waals surface area contributed by atoms with Crippen LogP contribution in [0.4, 0.5) is 0 Å². The molecule has 0 bridgehead atoms. The average molecular weight is 222 g/mol. The second-order valence-electron chi connectivity index (χ2n) is 3.66. The summed E-state index contributed by atoms with van der Waals surface area (Å²) in [6, 6.07) is 0. The Kier molecular flexibility index (Phi) is 3.16. The number of hydrogen-bond acceptors (Lipinski definition) is 3. The van der Waals surface area contributed by atoms with Crippen LogP contribution in [0, 0.1) is 6.92 Å². The Morgan fingerprint density at radius 1 is 1.53 bits per heavy atom. The number of carbonyl (C=O) groups is 1. The molecule has 0 N–H and O–H groups in total. The van der Waals surface area contributed by atoms with Crippen LogP contribution in [0.1, 0.15) is 23.5 Å². The molecule has 3 nitrogen and oxygen atoms in total. The van der Waals surface area contributed by atoms with Crippen LogP contribution < -0.4 is 0 Å². The van der Waals surface area contributed by atoms with Crippen molar-refractivity contribution >= 4 is 23.3 Å². The van der Waals surface area contributed by atoms with Gasteiger partial charge in [-0.05, 0) is 25.8 Å². The number of amides is 1. The molecule has 2 rings (SSSR count). The van der Waals surface area contributed by atoms with Gasteiger partial charge >= 0.3 is 0 Å². The molecule has 0 aromatic carbocycles. The number of nitrogens with zero attached hydrogens (tertiary/aromatic N) is 2. The van der Waals surface area contributed by atoms with Gasteiger partial charge in [-0.2, -0.15) is 0 Å². The highest BCUT2D eigenvalue weighted by atomic mass is 32.1. The second kappa shape index (κ2) is 4.57. The van der Waals surface area contributed by atoms with Gasteiger partial charge in [-0.25, -0.2) is 4.98 Å². The van der Waals surface area contributed by atoms with Gasteiger partial charge in [-0.1, -0.05) is 0 Å². The van der Waals surface area contributed by atoms with E-state index in [1.807, 2.05) is 17.2 Å². The Morgan fingerprint density at radius 2 is 2.27 bits per heavy atom. The molecule has 1 aliphatic rings. The van der Waals surface area contributed by atoms with Crippen molar-refractivity contribution < 1.29 is 4.79 Å². The van der Waals surface area contributed by atoms with E-state index in [1.165, 1.54) is 0 Å². The van der Waals surface area contributed by atoms with Crippen LogP contribution in [0.2, 0.25) is 0 Å². The van der Waals surface area contributed by atoms with Crippen molar-refractivity contribution in [3.05, 3.63) is 22.2 Å². The Labute approximate surface area is 93.4 Å². The largest absolute Gasteiger partial charge is 0.339 e. The molecular weight excluding hydrogens is 208 g/mol. The van der Waals surface area contributed by atoms with E-state index in [2.05, 4.69) is 4.98 Å². The van der Waals surface area contributed by atoms with Crippen molar-refractivity contribution in [2.24, 2.45) is 0 Å². The van der Waals surface area contributed by atoms with E-state index in [4.69, 9.17) is 0 Å². The normalized spacial score (nSPS) is 16.5. The summed E-state index contributed by atoms with van der Waals surface area (Å²) in [5, 5.41) is 2.99. The number of carbonyl (C=O) groups excluding carboxylic acids is 1. The lowest BCUT2D eigenvalue weighted by atomic mass is 10.4. The standard InChI is InChI=1S/C11H14N2OS/c1-9-12-10(8-15-9)4-5-11(14)13-6-2-3-7-13/h4-5,8H,2-3,6-7H2,1H3. The molecule has 0 saturated carbocycles.